The quantitative estimate of drug-likeness (QED) is 0.259. The summed E-state index contributed by atoms with van der Waals surface area (Å²) in [5, 5.41) is 9.79. The minimum atomic E-state index is -0.530. The first kappa shape index (κ1) is 19.2. The highest BCUT2D eigenvalue weighted by Gasteiger charge is 2.17. The van der Waals surface area contributed by atoms with Crippen molar-refractivity contribution in [2.75, 3.05) is 7.11 Å². The molecule has 0 saturated carbocycles. The number of methoxy groups -OCH3 is 1. The average Bonchev–Trinajstić information content (AvgIpc) is 3.20. The fraction of sp³-hybridized carbons (Fsp3) is 0.0455. The van der Waals surface area contributed by atoms with Crippen LogP contribution in [0.3, 0.4) is 0 Å². The number of carbonyl (C=O) groups is 2. The van der Waals surface area contributed by atoms with Crippen LogP contribution < -0.4 is 0 Å². The van der Waals surface area contributed by atoms with Gasteiger partial charge in [0.05, 0.1) is 12.7 Å². The number of Topliss-reactive ketones (excluding diaryl/α,β-unsaturated/α-hetero) is 1. The normalized spacial score (nSPS) is 11.0. The van der Waals surface area contributed by atoms with Gasteiger partial charge in [-0.15, -0.1) is 0 Å². The Hall–Kier alpha value is -3.62. The number of nitriles is 1. The largest absolute Gasteiger partial charge is 0.465 e. The summed E-state index contributed by atoms with van der Waals surface area (Å²) >= 11 is 6.04. The third-order valence-electron chi connectivity index (χ3n) is 3.97. The van der Waals surface area contributed by atoms with Crippen LogP contribution in [0, 0.1) is 11.3 Å². The Bertz CT molecular complexity index is 1110. The summed E-state index contributed by atoms with van der Waals surface area (Å²) in [6.45, 7) is 0. The van der Waals surface area contributed by atoms with Gasteiger partial charge in [-0.3, -0.25) is 4.79 Å². The number of esters is 1. The minimum absolute atomic E-state index is 0.0635. The van der Waals surface area contributed by atoms with Crippen molar-refractivity contribution >= 4 is 29.4 Å². The van der Waals surface area contributed by atoms with Crippen LogP contribution in [0.4, 0.5) is 0 Å². The standard InChI is InChI=1S/C22H14ClNO4/c1-27-22(26)18-9-7-16(23)12-19(18)20-10-8-17(28-20)11-15(13-24)21(25)14-5-3-2-4-6-14/h2-12H,1H3/b15-11-. The zero-order valence-corrected chi connectivity index (χ0v) is 15.6. The first-order chi connectivity index (χ1) is 13.5. The Morgan fingerprint density at radius 3 is 2.54 bits per heavy atom. The fourth-order valence-electron chi connectivity index (χ4n) is 2.62. The maximum absolute atomic E-state index is 12.5. The lowest BCUT2D eigenvalue weighted by Crippen LogP contribution is -2.03. The summed E-state index contributed by atoms with van der Waals surface area (Å²) in [4.78, 5) is 24.5. The molecule has 138 valence electrons. The molecule has 0 radical (unpaired) electrons. The van der Waals surface area contributed by atoms with Crippen molar-refractivity contribution < 1.29 is 18.7 Å². The number of nitrogens with zero attached hydrogens (tertiary/aromatic N) is 1. The molecule has 0 bridgehead atoms. The highest BCUT2D eigenvalue weighted by atomic mass is 35.5. The number of allylic oxidation sites excluding steroid dienone is 1. The molecule has 2 aromatic carbocycles. The summed E-state index contributed by atoms with van der Waals surface area (Å²) in [5.74, 6) is -0.276. The third kappa shape index (κ3) is 4.03. The van der Waals surface area contributed by atoms with E-state index in [-0.39, 0.29) is 11.1 Å². The number of ketones is 1. The topological polar surface area (TPSA) is 80.3 Å². The number of hydrogen-bond acceptors (Lipinski definition) is 5. The Kier molecular flexibility index (Phi) is 5.73. The van der Waals surface area contributed by atoms with Crippen LogP contribution in [0.1, 0.15) is 26.5 Å². The van der Waals surface area contributed by atoms with Crippen LogP contribution >= 0.6 is 11.6 Å². The molecule has 0 aliphatic carbocycles. The molecule has 0 aliphatic rings. The maximum Gasteiger partial charge on any atom is 0.338 e. The van der Waals surface area contributed by atoms with Gasteiger partial charge in [0.25, 0.3) is 0 Å². The lowest BCUT2D eigenvalue weighted by molar-refractivity contribution is 0.0601. The summed E-state index contributed by atoms with van der Waals surface area (Å²) in [5.41, 5.74) is 1.08. The number of furan rings is 1. The zero-order chi connectivity index (χ0) is 20.1. The molecule has 0 saturated heterocycles. The van der Waals surface area contributed by atoms with Gasteiger partial charge >= 0.3 is 5.97 Å². The molecule has 5 nitrogen and oxygen atoms in total. The summed E-state index contributed by atoms with van der Waals surface area (Å²) in [6.07, 6.45) is 1.36. The SMILES string of the molecule is COC(=O)c1ccc(Cl)cc1-c1ccc(/C=C(/C#N)C(=O)c2ccccc2)o1. The van der Waals surface area contributed by atoms with Crippen molar-refractivity contribution in [3.8, 4) is 17.4 Å². The van der Waals surface area contributed by atoms with Gasteiger partial charge in [-0.05, 0) is 30.3 Å². The fourth-order valence-corrected chi connectivity index (χ4v) is 2.79. The van der Waals surface area contributed by atoms with E-state index < -0.39 is 11.8 Å². The van der Waals surface area contributed by atoms with Gasteiger partial charge in [-0.25, -0.2) is 4.79 Å². The maximum atomic E-state index is 12.5. The van der Waals surface area contributed by atoms with E-state index in [2.05, 4.69) is 0 Å². The molecule has 1 heterocycles. The second-order valence-corrected chi connectivity index (χ2v) is 6.18. The minimum Gasteiger partial charge on any atom is -0.465 e. The molecule has 0 N–H and O–H groups in total. The van der Waals surface area contributed by atoms with Gasteiger partial charge in [0.1, 0.15) is 23.2 Å². The smallest absolute Gasteiger partial charge is 0.338 e. The predicted molar refractivity (Wildman–Crippen MR) is 105 cm³/mol. The number of ether oxygens (including phenoxy) is 1. The summed E-state index contributed by atoms with van der Waals surface area (Å²) < 4.78 is 10.5. The van der Waals surface area contributed by atoms with Crippen LogP contribution in [0.2, 0.25) is 5.02 Å². The predicted octanol–water partition coefficient (Wildman–Crippen LogP) is 5.18. The number of hydrogen-bond donors (Lipinski definition) is 0. The van der Waals surface area contributed by atoms with E-state index in [1.54, 1.807) is 60.7 Å². The van der Waals surface area contributed by atoms with E-state index in [0.717, 1.165) is 0 Å². The highest BCUT2D eigenvalue weighted by molar-refractivity contribution is 6.31. The van der Waals surface area contributed by atoms with Gasteiger partial charge in [-0.1, -0.05) is 41.9 Å². The van der Waals surface area contributed by atoms with Crippen LogP contribution in [-0.2, 0) is 4.74 Å². The first-order valence-corrected chi connectivity index (χ1v) is 8.61. The number of halogens is 1. The lowest BCUT2D eigenvalue weighted by Gasteiger charge is -2.06. The van der Waals surface area contributed by atoms with Gasteiger partial charge in [0.15, 0.2) is 0 Å². The van der Waals surface area contributed by atoms with E-state index in [1.165, 1.54) is 13.2 Å². The van der Waals surface area contributed by atoms with Gasteiger partial charge < -0.3 is 9.15 Å². The van der Waals surface area contributed by atoms with Crippen LogP contribution in [0.15, 0.2) is 70.7 Å². The lowest BCUT2D eigenvalue weighted by atomic mass is 10.0. The molecule has 6 heteroatoms. The van der Waals surface area contributed by atoms with E-state index in [0.29, 0.717) is 27.7 Å². The molecule has 0 spiro atoms. The summed E-state index contributed by atoms with van der Waals surface area (Å²) in [7, 11) is 1.28. The molecular formula is C22H14ClNO4. The number of benzene rings is 2. The molecule has 0 fully saturated rings. The Balaban J connectivity index is 1.98. The second kappa shape index (κ2) is 8.38. The van der Waals surface area contributed by atoms with Crippen molar-refractivity contribution in [1.82, 2.24) is 0 Å². The molecule has 0 unspecified atom stereocenters. The number of carbonyl (C=O) groups excluding carboxylic acids is 2. The monoisotopic (exact) mass is 391 g/mol. The van der Waals surface area contributed by atoms with Crippen LogP contribution in [0.25, 0.3) is 17.4 Å². The van der Waals surface area contributed by atoms with E-state index in [4.69, 9.17) is 20.8 Å². The van der Waals surface area contributed by atoms with Crippen LogP contribution in [-0.4, -0.2) is 18.9 Å². The van der Waals surface area contributed by atoms with Gasteiger partial charge in [-0.2, -0.15) is 5.26 Å². The third-order valence-corrected chi connectivity index (χ3v) is 4.20. The molecule has 1 aromatic heterocycles. The zero-order valence-electron chi connectivity index (χ0n) is 14.8. The number of rotatable bonds is 5. The van der Waals surface area contributed by atoms with E-state index in [1.807, 2.05) is 6.07 Å². The Morgan fingerprint density at radius 2 is 1.86 bits per heavy atom. The van der Waals surface area contributed by atoms with Crippen molar-refractivity contribution in [2.45, 2.75) is 0 Å². The van der Waals surface area contributed by atoms with Crippen molar-refractivity contribution in [3.63, 3.8) is 0 Å². The van der Waals surface area contributed by atoms with E-state index in [9.17, 15) is 14.9 Å². The molecule has 0 aliphatic heterocycles. The molecule has 3 rings (SSSR count). The van der Waals surface area contributed by atoms with Crippen LogP contribution in [0.5, 0.6) is 0 Å². The van der Waals surface area contributed by atoms with Gasteiger partial charge in [0, 0.05) is 22.2 Å². The Morgan fingerprint density at radius 1 is 1.11 bits per heavy atom. The van der Waals surface area contributed by atoms with Gasteiger partial charge in [0.2, 0.25) is 5.78 Å². The Labute approximate surface area is 166 Å². The second-order valence-electron chi connectivity index (χ2n) is 5.75. The molecule has 28 heavy (non-hydrogen) atoms. The molecule has 3 aromatic rings. The van der Waals surface area contributed by atoms with Crippen molar-refractivity contribution in [1.29, 1.82) is 5.26 Å². The molecular weight excluding hydrogens is 378 g/mol. The van der Waals surface area contributed by atoms with E-state index >= 15 is 0 Å². The average molecular weight is 392 g/mol. The summed E-state index contributed by atoms with van der Waals surface area (Å²) in [6, 6.07) is 18.3. The van der Waals surface area contributed by atoms with Crippen molar-refractivity contribution in [3.05, 3.63) is 88.1 Å². The molecule has 0 amide bonds. The van der Waals surface area contributed by atoms with Crippen molar-refractivity contribution in [2.24, 2.45) is 0 Å². The molecule has 0 atom stereocenters. The first-order valence-electron chi connectivity index (χ1n) is 8.23. The highest BCUT2D eigenvalue weighted by Crippen LogP contribution is 2.30.